The number of aliphatic hydroxyl groups is 2. The van der Waals surface area contributed by atoms with Crippen LogP contribution in [0.4, 0.5) is 0 Å². The molecule has 3 N–H and O–H groups in total. The molecule has 1 amide bonds. The van der Waals surface area contributed by atoms with Gasteiger partial charge in [-0.15, -0.1) is 0 Å². The molecule has 0 spiro atoms. The van der Waals surface area contributed by atoms with Crippen molar-refractivity contribution in [3.8, 4) is 0 Å². The van der Waals surface area contributed by atoms with E-state index in [0.717, 1.165) is 44.9 Å². The van der Waals surface area contributed by atoms with E-state index in [-0.39, 0.29) is 18.5 Å². The summed E-state index contributed by atoms with van der Waals surface area (Å²) >= 11 is 0. The molecular weight excluding hydrogens is 863 g/mol. The van der Waals surface area contributed by atoms with Crippen LogP contribution < -0.4 is 5.32 Å². The van der Waals surface area contributed by atoms with E-state index in [1.807, 2.05) is 6.08 Å². The van der Waals surface area contributed by atoms with Crippen molar-refractivity contribution in [2.24, 2.45) is 0 Å². The third-order valence-corrected chi connectivity index (χ3v) is 14.7. The van der Waals surface area contributed by atoms with E-state index in [0.29, 0.717) is 19.4 Å². The van der Waals surface area contributed by atoms with E-state index in [1.165, 1.54) is 276 Å². The van der Waals surface area contributed by atoms with E-state index in [2.05, 4.69) is 31.3 Å². The second-order valence-corrected chi connectivity index (χ2v) is 21.7. The molecule has 6 nitrogen and oxygen atoms in total. The maximum atomic E-state index is 12.5. The van der Waals surface area contributed by atoms with Crippen LogP contribution in [0.3, 0.4) is 0 Å². The average molecular weight is 987 g/mol. The highest BCUT2D eigenvalue weighted by Gasteiger charge is 2.18. The monoisotopic (exact) mass is 986 g/mol. The number of nitrogens with one attached hydrogen (secondary N) is 1. The summed E-state index contributed by atoms with van der Waals surface area (Å²) in [6.45, 7) is 4.90. The number of hydrogen-bond donors (Lipinski definition) is 3. The van der Waals surface area contributed by atoms with Gasteiger partial charge in [0.2, 0.25) is 5.91 Å². The Morgan fingerprint density at radius 3 is 1.04 bits per heavy atom. The molecule has 414 valence electrons. The zero-order valence-electron chi connectivity index (χ0n) is 47.3. The Balaban J connectivity index is 3.38. The number of unbranched alkanes of at least 4 members (excludes halogenated alkanes) is 46. The van der Waals surface area contributed by atoms with Gasteiger partial charge in [-0.25, -0.2) is 0 Å². The van der Waals surface area contributed by atoms with Crippen LogP contribution in [-0.2, 0) is 14.3 Å². The number of hydrogen-bond acceptors (Lipinski definition) is 5. The Bertz CT molecular complexity index is 1090. The highest BCUT2D eigenvalue weighted by Crippen LogP contribution is 2.18. The van der Waals surface area contributed by atoms with Crippen LogP contribution in [0.2, 0.25) is 0 Å². The molecule has 2 atom stereocenters. The Morgan fingerprint density at radius 1 is 0.386 bits per heavy atom. The molecule has 6 heteroatoms. The van der Waals surface area contributed by atoms with Crippen molar-refractivity contribution >= 4 is 11.9 Å². The highest BCUT2D eigenvalue weighted by atomic mass is 16.5. The van der Waals surface area contributed by atoms with Gasteiger partial charge in [0.25, 0.3) is 0 Å². The quantitative estimate of drug-likeness (QED) is 0.0321. The molecule has 0 aliphatic heterocycles. The van der Waals surface area contributed by atoms with Crippen molar-refractivity contribution in [1.82, 2.24) is 5.32 Å². The van der Waals surface area contributed by atoms with Gasteiger partial charge in [-0.2, -0.15) is 0 Å². The Labute approximate surface area is 437 Å². The standard InChI is InChI=1S/C64H123NO5/c1-3-5-7-9-11-13-15-17-18-30-33-36-40-44-48-52-56-62(67)61(60-66)65-63(68)57-53-49-45-41-37-34-31-28-26-24-22-20-19-21-23-25-27-29-32-35-39-43-47-51-55-59-70-64(69)58-54-50-46-42-38-16-14-12-10-8-6-4-2/h12,14,52,56,61-62,66-67H,3-11,13,15-51,53-55,57-60H2,1-2H3,(H,65,68)/b14-12-,56-52+. The van der Waals surface area contributed by atoms with Gasteiger partial charge < -0.3 is 20.3 Å². The minimum atomic E-state index is -0.843. The maximum Gasteiger partial charge on any atom is 0.305 e. The fraction of sp³-hybridized carbons (Fsp3) is 0.906. The number of allylic oxidation sites excluding steroid dienone is 3. The number of ether oxygens (including phenoxy) is 1. The first-order valence-electron chi connectivity index (χ1n) is 31.6. The molecular formula is C64H123NO5. The second-order valence-electron chi connectivity index (χ2n) is 21.7. The molecule has 0 bridgehead atoms. The van der Waals surface area contributed by atoms with Crippen molar-refractivity contribution < 1.29 is 24.5 Å². The molecule has 70 heavy (non-hydrogen) atoms. The number of rotatable bonds is 59. The fourth-order valence-electron chi connectivity index (χ4n) is 9.87. The van der Waals surface area contributed by atoms with Crippen LogP contribution in [0.15, 0.2) is 24.3 Å². The number of aliphatic hydroxyl groups excluding tert-OH is 2. The second kappa shape index (κ2) is 59.9. The van der Waals surface area contributed by atoms with Crippen LogP contribution in [0.1, 0.15) is 348 Å². The lowest BCUT2D eigenvalue weighted by Crippen LogP contribution is -2.45. The summed E-state index contributed by atoms with van der Waals surface area (Å²) in [5.41, 5.74) is 0. The van der Waals surface area contributed by atoms with Crippen LogP contribution in [0.25, 0.3) is 0 Å². The summed E-state index contributed by atoms with van der Waals surface area (Å²) in [5.74, 6) is -0.0580. The van der Waals surface area contributed by atoms with Crippen LogP contribution in [0, 0.1) is 0 Å². The highest BCUT2D eigenvalue weighted by molar-refractivity contribution is 5.76. The fourth-order valence-corrected chi connectivity index (χ4v) is 9.87. The summed E-state index contributed by atoms with van der Waals surface area (Å²) in [6.07, 6.45) is 73.7. The minimum absolute atomic E-state index is 0.00609. The molecule has 0 saturated heterocycles. The molecule has 2 unspecified atom stereocenters. The molecule has 0 aliphatic rings. The SMILES string of the molecule is CCCCC/C=C\CCCCCCCC(=O)OCCCCCCCCCCCCCCCCCCCCCCCCCCCC(=O)NC(CO)C(O)/C=C/CCCCCCCCCCCCCCCC. The third-order valence-electron chi connectivity index (χ3n) is 14.7. The number of amides is 1. The van der Waals surface area contributed by atoms with E-state index in [4.69, 9.17) is 4.74 Å². The Morgan fingerprint density at radius 2 is 0.671 bits per heavy atom. The molecule has 0 aromatic rings. The van der Waals surface area contributed by atoms with Crippen LogP contribution in [-0.4, -0.2) is 47.4 Å². The first kappa shape index (κ1) is 68.3. The summed E-state index contributed by atoms with van der Waals surface area (Å²) in [7, 11) is 0. The Kier molecular flexibility index (Phi) is 58.5. The van der Waals surface area contributed by atoms with Gasteiger partial charge >= 0.3 is 5.97 Å². The van der Waals surface area contributed by atoms with Crippen LogP contribution in [0.5, 0.6) is 0 Å². The number of carbonyl (C=O) groups is 2. The van der Waals surface area contributed by atoms with E-state index >= 15 is 0 Å². The normalized spacial score (nSPS) is 12.7. The molecule has 0 saturated carbocycles. The average Bonchev–Trinajstić information content (AvgIpc) is 3.36. The minimum Gasteiger partial charge on any atom is -0.466 e. The zero-order valence-corrected chi connectivity index (χ0v) is 47.3. The lowest BCUT2D eigenvalue weighted by molar-refractivity contribution is -0.143. The summed E-state index contributed by atoms with van der Waals surface area (Å²) in [5, 5.41) is 23.2. The molecule has 0 aromatic heterocycles. The van der Waals surface area contributed by atoms with E-state index in [1.54, 1.807) is 6.08 Å². The first-order chi connectivity index (χ1) is 34.5. The van der Waals surface area contributed by atoms with Gasteiger partial charge in [-0.3, -0.25) is 9.59 Å². The van der Waals surface area contributed by atoms with Crippen molar-refractivity contribution in [2.45, 2.75) is 360 Å². The number of carbonyl (C=O) groups excluding carboxylic acids is 2. The third kappa shape index (κ3) is 55.7. The Hall–Kier alpha value is -1.66. The zero-order chi connectivity index (χ0) is 50.7. The largest absolute Gasteiger partial charge is 0.466 e. The van der Waals surface area contributed by atoms with Crippen molar-refractivity contribution in [3.63, 3.8) is 0 Å². The lowest BCUT2D eigenvalue weighted by atomic mass is 10.0. The van der Waals surface area contributed by atoms with Crippen molar-refractivity contribution in [1.29, 1.82) is 0 Å². The smallest absolute Gasteiger partial charge is 0.305 e. The summed E-state index contributed by atoms with van der Waals surface area (Å²) < 4.78 is 5.47. The van der Waals surface area contributed by atoms with E-state index in [9.17, 15) is 19.8 Å². The lowest BCUT2D eigenvalue weighted by Gasteiger charge is -2.20. The first-order valence-corrected chi connectivity index (χ1v) is 31.6. The van der Waals surface area contributed by atoms with Gasteiger partial charge in [0, 0.05) is 12.8 Å². The van der Waals surface area contributed by atoms with Gasteiger partial charge in [0.05, 0.1) is 25.4 Å². The maximum absolute atomic E-state index is 12.5. The molecule has 0 radical (unpaired) electrons. The number of esters is 1. The summed E-state index contributed by atoms with van der Waals surface area (Å²) in [6, 6.07) is -0.626. The molecule has 0 heterocycles. The van der Waals surface area contributed by atoms with Crippen molar-refractivity contribution in [2.75, 3.05) is 13.2 Å². The van der Waals surface area contributed by atoms with E-state index < -0.39 is 12.1 Å². The summed E-state index contributed by atoms with van der Waals surface area (Å²) in [4.78, 5) is 24.5. The van der Waals surface area contributed by atoms with Crippen molar-refractivity contribution in [3.05, 3.63) is 24.3 Å². The predicted molar refractivity (Wildman–Crippen MR) is 306 cm³/mol. The van der Waals surface area contributed by atoms with Gasteiger partial charge in [-0.05, 0) is 57.8 Å². The molecule has 0 fully saturated rings. The molecule has 0 aliphatic carbocycles. The molecule has 0 rings (SSSR count). The van der Waals surface area contributed by atoms with Gasteiger partial charge in [0.15, 0.2) is 0 Å². The van der Waals surface area contributed by atoms with Gasteiger partial charge in [0.1, 0.15) is 0 Å². The van der Waals surface area contributed by atoms with Crippen LogP contribution >= 0.6 is 0 Å². The predicted octanol–water partition coefficient (Wildman–Crippen LogP) is 19.8. The molecule has 0 aromatic carbocycles. The van der Waals surface area contributed by atoms with Gasteiger partial charge in [-0.1, -0.05) is 301 Å². The topological polar surface area (TPSA) is 95.9 Å².